The first kappa shape index (κ1) is 53.8. The molecule has 2 aromatic rings. The molecule has 1 unspecified atom stereocenters. The van der Waals surface area contributed by atoms with Crippen LogP contribution in [0.5, 0.6) is 11.5 Å². The van der Waals surface area contributed by atoms with Crippen molar-refractivity contribution in [3.8, 4) is 11.5 Å². The van der Waals surface area contributed by atoms with Crippen LogP contribution in [0.25, 0.3) is 0 Å². The van der Waals surface area contributed by atoms with Crippen molar-refractivity contribution in [1.82, 2.24) is 5.09 Å². The van der Waals surface area contributed by atoms with Gasteiger partial charge in [0.15, 0.2) is 6.04 Å². The maximum absolute atomic E-state index is 13.9. The van der Waals surface area contributed by atoms with Gasteiger partial charge in [0.25, 0.3) is 5.69 Å². The summed E-state index contributed by atoms with van der Waals surface area (Å²) in [4.78, 5) is 58.8. The number of nitro groups is 1. The minimum Gasteiger partial charge on any atom is -1.00 e. The maximum Gasteiger partial charge on any atom is 0.513 e. The fraction of sp³-hybridized carbons (Fsp3) is 0.600. The Morgan fingerprint density at radius 3 is 1.50 bits per heavy atom. The van der Waals surface area contributed by atoms with Crippen molar-refractivity contribution in [2.75, 3.05) is 26.4 Å². The number of hydrogen-bond donors (Lipinski definition) is 2. The zero-order valence-electron chi connectivity index (χ0n) is 34.4. The van der Waals surface area contributed by atoms with Crippen molar-refractivity contribution in [3.63, 3.8) is 0 Å². The van der Waals surface area contributed by atoms with E-state index in [1.807, 2.05) is 13.8 Å². The Bertz CT molecular complexity index is 1500. The molecule has 0 aliphatic carbocycles. The summed E-state index contributed by atoms with van der Waals surface area (Å²) in [5.74, 6) is -2.12. The molecule has 0 spiro atoms. The van der Waals surface area contributed by atoms with Crippen LogP contribution < -0.4 is 32.3 Å². The summed E-state index contributed by atoms with van der Waals surface area (Å²) in [6, 6.07) is 10.9. The highest BCUT2D eigenvalue weighted by atomic mass is 35.5. The van der Waals surface area contributed by atoms with Crippen LogP contribution in [0, 0.1) is 10.1 Å². The van der Waals surface area contributed by atoms with E-state index in [1.165, 1.54) is 36.4 Å². The first-order valence-corrected chi connectivity index (χ1v) is 21.5. The van der Waals surface area contributed by atoms with Gasteiger partial charge < -0.3 is 46.1 Å². The summed E-state index contributed by atoms with van der Waals surface area (Å²) in [6.45, 7) is 9.35. The number of unbranched alkanes of at least 4 members (excludes halogenated alkanes) is 8. The van der Waals surface area contributed by atoms with Crippen LogP contribution >= 0.6 is 7.75 Å². The highest BCUT2D eigenvalue weighted by Crippen LogP contribution is 2.46. The van der Waals surface area contributed by atoms with Gasteiger partial charge in [-0.3, -0.25) is 24.5 Å². The zero-order chi connectivity index (χ0) is 42.3. The van der Waals surface area contributed by atoms with Crippen LogP contribution in [-0.2, 0) is 42.7 Å². The first-order valence-electron chi connectivity index (χ1n) is 19.9. The normalized spacial score (nSPS) is 12.5. The Hall–Kier alpha value is -4.24. The molecule has 0 aromatic heterocycles. The van der Waals surface area contributed by atoms with Crippen molar-refractivity contribution in [2.45, 2.75) is 130 Å². The number of non-ortho nitro benzene ring substituents is 1. The summed E-state index contributed by atoms with van der Waals surface area (Å²) in [7, 11) is -4.38. The zero-order valence-corrected chi connectivity index (χ0v) is 36.0. The number of carbonyl (C=O) groups excluding carboxylic acids is 4. The number of halogens is 1. The van der Waals surface area contributed by atoms with Crippen molar-refractivity contribution in [1.29, 1.82) is 0 Å². The lowest BCUT2D eigenvalue weighted by Crippen LogP contribution is -3.00. The third kappa shape index (κ3) is 25.2. The van der Waals surface area contributed by atoms with Gasteiger partial charge in [0.1, 0.15) is 24.0 Å². The second kappa shape index (κ2) is 32.7. The van der Waals surface area contributed by atoms with Gasteiger partial charge >= 0.3 is 31.6 Å². The highest BCUT2D eigenvalue weighted by Gasteiger charge is 2.37. The Kier molecular flexibility index (Phi) is 30.3. The second-order valence-electron chi connectivity index (χ2n) is 13.1. The number of quaternary nitrogens is 1. The lowest BCUT2D eigenvalue weighted by molar-refractivity contribution is -0.408. The van der Waals surface area contributed by atoms with Crippen LogP contribution in [0.4, 0.5) is 5.69 Å². The molecule has 58 heavy (non-hydrogen) atoms. The molecule has 0 saturated heterocycles. The molecule has 18 heteroatoms. The number of hydrogen-bond acceptors (Lipinski definition) is 13. The Morgan fingerprint density at radius 1 is 0.638 bits per heavy atom. The quantitative estimate of drug-likeness (QED) is 0.0289. The van der Waals surface area contributed by atoms with E-state index < -0.39 is 49.1 Å². The number of rotatable bonds is 29. The van der Waals surface area contributed by atoms with Gasteiger partial charge in [-0.15, -0.1) is 0 Å². The van der Waals surface area contributed by atoms with E-state index >= 15 is 0 Å². The predicted octanol–water partition coefficient (Wildman–Crippen LogP) is 4.43. The van der Waals surface area contributed by atoms with Gasteiger partial charge in [-0.1, -0.05) is 97.3 Å². The van der Waals surface area contributed by atoms with Crippen molar-refractivity contribution < 1.29 is 74.8 Å². The summed E-state index contributed by atoms with van der Waals surface area (Å²) >= 11 is 0. The summed E-state index contributed by atoms with van der Waals surface area (Å²) in [5, 5.41) is 13.5. The van der Waals surface area contributed by atoms with E-state index in [4.69, 9.17) is 28.0 Å². The fourth-order valence-corrected chi connectivity index (χ4v) is 6.26. The van der Waals surface area contributed by atoms with Gasteiger partial charge in [0, 0.05) is 12.1 Å². The van der Waals surface area contributed by atoms with E-state index in [1.54, 1.807) is 18.2 Å². The summed E-state index contributed by atoms with van der Waals surface area (Å²) in [5.41, 5.74) is 3.45. The van der Waals surface area contributed by atoms with Crippen LogP contribution in [-0.4, -0.2) is 67.3 Å². The molecule has 4 N–H and O–H groups in total. The Morgan fingerprint density at radius 2 is 1.05 bits per heavy atom. The summed E-state index contributed by atoms with van der Waals surface area (Å²) < 4.78 is 45.7. The van der Waals surface area contributed by atoms with Crippen molar-refractivity contribution in [3.05, 3.63) is 64.7 Å². The smallest absolute Gasteiger partial charge is 0.513 e. The number of nitrogens with one attached hydrogen (secondary N) is 1. The summed E-state index contributed by atoms with van der Waals surface area (Å²) in [6.07, 6.45) is 10.4. The van der Waals surface area contributed by atoms with Crippen LogP contribution in [0.2, 0.25) is 0 Å². The van der Waals surface area contributed by atoms with E-state index in [9.17, 15) is 33.9 Å². The highest BCUT2D eigenvalue weighted by molar-refractivity contribution is 7.52. The lowest BCUT2D eigenvalue weighted by Gasteiger charge is -2.24. The molecule has 0 radical (unpaired) electrons. The van der Waals surface area contributed by atoms with Crippen molar-refractivity contribution in [2.24, 2.45) is 0 Å². The fourth-order valence-electron chi connectivity index (χ4n) is 4.74. The molecule has 2 aromatic carbocycles. The number of nitrogens with zero attached hydrogens (tertiary/aromatic N) is 1. The molecule has 3 atom stereocenters. The molecule has 0 aliphatic rings. The van der Waals surface area contributed by atoms with Gasteiger partial charge in [0.05, 0.1) is 37.8 Å². The van der Waals surface area contributed by atoms with E-state index in [0.29, 0.717) is 26.1 Å². The molecular formula is C40H63ClN3O13P. The van der Waals surface area contributed by atoms with Gasteiger partial charge in [0.2, 0.25) is 0 Å². The SMILES string of the molecule is CCCCCOC(=O)C[C@H](NP(=O)(Oc1ccccc1)Oc1ccc([N+](=O)[O-])cc1)C(=O)OCCCCC.CCCCCOC(=O)C[C@H]([NH3+])C(=O)OCCCCC.[Cl-]. The van der Waals surface area contributed by atoms with Crippen LogP contribution in [0.3, 0.4) is 0 Å². The maximum atomic E-state index is 13.9. The van der Waals surface area contributed by atoms with Gasteiger partial charge in [-0.25, -0.2) is 9.36 Å². The number of carbonyl (C=O) groups is 4. The molecule has 2 rings (SSSR count). The standard InChI is InChI=1S/C26H35N2O9P.C14H27NO4.ClH/c1-3-5-10-18-34-25(29)20-24(26(30)35-19-11-6-4-2)27-38(33,36-22-12-8-7-9-13-22)37-23-16-14-21(15-17-23)28(31)32;1-3-5-7-9-18-13(16)11-12(15)14(17)19-10-8-6-4-2;/h7-9,12-17,24H,3-6,10-11,18-20H2,1-2H3,(H,27,33);12H,3-11,15H2,1-2H3;1H/t24-,38?;12-;/m00./s1. The average Bonchev–Trinajstić information content (AvgIpc) is 3.18. The Balaban J connectivity index is 0.00000137. The van der Waals surface area contributed by atoms with Crippen LogP contribution in [0.1, 0.15) is 118 Å². The molecule has 328 valence electrons. The minimum absolute atomic E-state index is 0. The molecule has 0 fully saturated rings. The van der Waals surface area contributed by atoms with Gasteiger partial charge in [-0.05, 0) is 49.9 Å². The van der Waals surface area contributed by atoms with Gasteiger partial charge in [-0.2, -0.15) is 5.09 Å². The molecule has 16 nitrogen and oxygen atoms in total. The number of nitro benzene ring substituents is 1. The minimum atomic E-state index is -4.38. The monoisotopic (exact) mass is 859 g/mol. The van der Waals surface area contributed by atoms with Crippen molar-refractivity contribution >= 4 is 37.3 Å². The second-order valence-corrected chi connectivity index (χ2v) is 14.8. The lowest BCUT2D eigenvalue weighted by atomic mass is 10.2. The van der Waals surface area contributed by atoms with E-state index in [-0.39, 0.29) is 55.2 Å². The number of para-hydroxylation sites is 1. The molecule has 0 aliphatic heterocycles. The Labute approximate surface area is 348 Å². The molecule has 0 heterocycles. The molecular weight excluding hydrogens is 797 g/mol. The van der Waals surface area contributed by atoms with Crippen LogP contribution in [0.15, 0.2) is 54.6 Å². The molecule has 0 saturated carbocycles. The third-order valence-electron chi connectivity index (χ3n) is 7.96. The number of benzene rings is 2. The largest absolute Gasteiger partial charge is 1.00 e. The van der Waals surface area contributed by atoms with E-state index in [0.717, 1.165) is 64.2 Å². The average molecular weight is 860 g/mol. The number of ether oxygens (including phenoxy) is 4. The first-order chi connectivity index (χ1) is 27.4. The predicted molar refractivity (Wildman–Crippen MR) is 213 cm³/mol. The third-order valence-corrected chi connectivity index (χ3v) is 9.49. The molecule has 0 bridgehead atoms. The number of esters is 4. The van der Waals surface area contributed by atoms with E-state index in [2.05, 4.69) is 24.7 Å². The molecule has 0 amide bonds. The topological polar surface area (TPSA) is 224 Å².